The maximum Gasteiger partial charge on any atom is 0.258 e. The average molecular weight is 412 g/mol. The van der Waals surface area contributed by atoms with Crippen molar-refractivity contribution in [1.29, 1.82) is 0 Å². The Morgan fingerprint density at radius 1 is 1.17 bits per heavy atom. The summed E-state index contributed by atoms with van der Waals surface area (Å²) in [5, 5.41) is 13.6. The number of aryl methyl sites for hydroxylation is 2. The number of fused-ring (bicyclic) bond motifs is 1. The number of H-pyrrole nitrogens is 1. The zero-order valence-corrected chi connectivity index (χ0v) is 18.1. The van der Waals surface area contributed by atoms with Crippen LogP contribution >= 0.6 is 0 Å². The number of methoxy groups -OCH3 is 1. The third-order valence-electron chi connectivity index (χ3n) is 6.11. The Hall–Kier alpha value is -2.58. The number of quaternary nitrogens is 1. The lowest BCUT2D eigenvalue weighted by molar-refractivity contribution is -0.925. The lowest BCUT2D eigenvalue weighted by Crippen LogP contribution is -3.12. The molecule has 0 spiro atoms. The first kappa shape index (κ1) is 20.7. The molecule has 1 aliphatic heterocycles. The fraction of sp³-hybridized carbons (Fsp3) is 0.545. The summed E-state index contributed by atoms with van der Waals surface area (Å²) < 4.78 is 7.03. The fourth-order valence-corrected chi connectivity index (χ4v) is 4.69. The molecule has 1 atom stereocenters. The monoisotopic (exact) mass is 411 g/mol. The van der Waals surface area contributed by atoms with Crippen molar-refractivity contribution in [2.24, 2.45) is 0 Å². The number of nitrogens with zero attached hydrogens (tertiary/aromatic N) is 4. The van der Waals surface area contributed by atoms with Gasteiger partial charge in [0.25, 0.3) is 5.56 Å². The molecule has 1 saturated heterocycles. The molecule has 8 nitrogen and oxygen atoms in total. The zero-order valence-electron chi connectivity index (χ0n) is 18.1. The van der Waals surface area contributed by atoms with E-state index in [0.717, 1.165) is 53.8 Å². The first-order chi connectivity index (χ1) is 14.6. The van der Waals surface area contributed by atoms with Gasteiger partial charge in [-0.25, -0.2) is 4.68 Å². The standard InChI is InChI=1S/C22H30N6O2/c1-15-12-16(2)19-17(13-15)14-18(22(29)23-19)20(27-8-6-4-5-7-9-27)21-24-25-26-28(21)10-11-30-3/h12-14,20H,4-11H2,1-3H3,(H,23,29)/p+1/t20-/m0/s1. The highest BCUT2D eigenvalue weighted by Gasteiger charge is 2.34. The molecule has 0 radical (unpaired) electrons. The minimum absolute atomic E-state index is 0.0579. The van der Waals surface area contributed by atoms with Gasteiger partial charge in [-0.1, -0.05) is 11.6 Å². The molecule has 2 aromatic heterocycles. The van der Waals surface area contributed by atoms with Crippen LogP contribution in [0.15, 0.2) is 23.0 Å². The van der Waals surface area contributed by atoms with Crippen molar-refractivity contribution in [3.05, 3.63) is 51.1 Å². The molecule has 4 rings (SSSR count). The van der Waals surface area contributed by atoms with E-state index in [1.807, 2.05) is 13.0 Å². The maximum absolute atomic E-state index is 13.3. The Morgan fingerprint density at radius 3 is 2.67 bits per heavy atom. The molecule has 3 aromatic rings. The Balaban J connectivity index is 1.86. The second kappa shape index (κ2) is 9.06. The number of aromatic nitrogens is 5. The number of likely N-dealkylation sites (tertiary alicyclic amines) is 1. The summed E-state index contributed by atoms with van der Waals surface area (Å²) in [6.07, 6.45) is 4.76. The Labute approximate surface area is 176 Å². The Kier molecular flexibility index (Phi) is 6.24. The highest BCUT2D eigenvalue weighted by atomic mass is 16.5. The van der Waals surface area contributed by atoms with Crippen molar-refractivity contribution in [3.63, 3.8) is 0 Å². The van der Waals surface area contributed by atoms with Crippen LogP contribution in [0, 0.1) is 13.8 Å². The van der Waals surface area contributed by atoms with Gasteiger partial charge >= 0.3 is 0 Å². The first-order valence-corrected chi connectivity index (χ1v) is 10.8. The van der Waals surface area contributed by atoms with E-state index in [2.05, 4.69) is 39.6 Å². The highest BCUT2D eigenvalue weighted by molar-refractivity contribution is 5.83. The third-order valence-corrected chi connectivity index (χ3v) is 6.11. The molecular formula is C22H31N6O2+. The van der Waals surface area contributed by atoms with Crippen LogP contribution in [0.2, 0.25) is 0 Å². The molecule has 1 fully saturated rings. The van der Waals surface area contributed by atoms with Crippen LogP contribution in [-0.2, 0) is 11.3 Å². The molecule has 2 N–H and O–H groups in total. The molecule has 0 amide bonds. The molecule has 8 heteroatoms. The normalized spacial score (nSPS) is 16.6. The van der Waals surface area contributed by atoms with Crippen LogP contribution in [0.4, 0.5) is 0 Å². The van der Waals surface area contributed by atoms with E-state index >= 15 is 0 Å². The molecule has 0 unspecified atom stereocenters. The van der Waals surface area contributed by atoms with Gasteiger partial charge in [0.1, 0.15) is 0 Å². The van der Waals surface area contributed by atoms with Crippen molar-refractivity contribution in [1.82, 2.24) is 25.2 Å². The summed E-state index contributed by atoms with van der Waals surface area (Å²) in [6, 6.07) is 6.07. The predicted molar refractivity (Wildman–Crippen MR) is 115 cm³/mol. The minimum Gasteiger partial charge on any atom is -0.383 e. The summed E-state index contributed by atoms with van der Waals surface area (Å²) >= 11 is 0. The van der Waals surface area contributed by atoms with E-state index in [-0.39, 0.29) is 11.6 Å². The first-order valence-electron chi connectivity index (χ1n) is 10.8. The van der Waals surface area contributed by atoms with Crippen LogP contribution in [0.5, 0.6) is 0 Å². The predicted octanol–water partition coefficient (Wildman–Crippen LogP) is 1.33. The van der Waals surface area contributed by atoms with Crippen LogP contribution in [-0.4, -0.2) is 52.0 Å². The second-order valence-electron chi connectivity index (χ2n) is 8.36. The summed E-state index contributed by atoms with van der Waals surface area (Å²) in [7, 11) is 1.67. The van der Waals surface area contributed by atoms with Gasteiger partial charge in [-0.05, 0) is 73.0 Å². The number of hydrogen-bond acceptors (Lipinski definition) is 5. The van der Waals surface area contributed by atoms with Gasteiger partial charge in [-0.3, -0.25) is 4.79 Å². The number of benzene rings is 1. The number of aromatic amines is 1. The maximum atomic E-state index is 13.3. The van der Waals surface area contributed by atoms with Crippen molar-refractivity contribution in [3.8, 4) is 0 Å². The van der Waals surface area contributed by atoms with Gasteiger partial charge < -0.3 is 14.6 Å². The quantitative estimate of drug-likeness (QED) is 0.639. The van der Waals surface area contributed by atoms with Crippen molar-refractivity contribution >= 4 is 10.9 Å². The Morgan fingerprint density at radius 2 is 1.93 bits per heavy atom. The molecular weight excluding hydrogens is 380 g/mol. The van der Waals surface area contributed by atoms with E-state index in [0.29, 0.717) is 13.2 Å². The van der Waals surface area contributed by atoms with Crippen LogP contribution in [0.3, 0.4) is 0 Å². The number of tetrazole rings is 1. The van der Waals surface area contributed by atoms with E-state index in [9.17, 15) is 4.79 Å². The lowest BCUT2D eigenvalue weighted by Gasteiger charge is -2.26. The summed E-state index contributed by atoms with van der Waals surface area (Å²) in [5.41, 5.74) is 3.84. The summed E-state index contributed by atoms with van der Waals surface area (Å²) in [6.45, 7) is 7.21. The van der Waals surface area contributed by atoms with Crippen molar-refractivity contribution in [2.45, 2.75) is 52.1 Å². The number of pyridine rings is 1. The smallest absolute Gasteiger partial charge is 0.258 e. The number of nitrogens with one attached hydrogen (secondary N) is 2. The highest BCUT2D eigenvalue weighted by Crippen LogP contribution is 2.22. The number of ether oxygens (including phenoxy) is 1. The molecule has 1 aliphatic rings. The van der Waals surface area contributed by atoms with Gasteiger partial charge in [0.15, 0.2) is 6.04 Å². The lowest BCUT2D eigenvalue weighted by atomic mass is 10.0. The van der Waals surface area contributed by atoms with Gasteiger partial charge in [-0.2, -0.15) is 0 Å². The third kappa shape index (κ3) is 4.15. The topological polar surface area (TPSA) is 90.1 Å². The van der Waals surface area contributed by atoms with Crippen LogP contribution in [0.1, 0.15) is 54.2 Å². The summed E-state index contributed by atoms with van der Waals surface area (Å²) in [5.74, 6) is 0.734. The number of hydrogen-bond donors (Lipinski definition) is 2. The average Bonchev–Trinajstić information content (AvgIpc) is 3.00. The minimum atomic E-state index is -0.205. The number of rotatable bonds is 6. The SMILES string of the molecule is COCCn1nnnc1[C@H](c1cc2cc(C)cc(C)c2[nH]c1=O)[NH+]1CCCCCC1. The van der Waals surface area contributed by atoms with Crippen LogP contribution in [0.25, 0.3) is 10.9 Å². The van der Waals surface area contributed by atoms with E-state index in [1.54, 1.807) is 11.8 Å². The molecule has 0 saturated carbocycles. The van der Waals surface area contributed by atoms with E-state index < -0.39 is 0 Å². The second-order valence-corrected chi connectivity index (χ2v) is 8.36. The largest absolute Gasteiger partial charge is 0.383 e. The van der Waals surface area contributed by atoms with Crippen molar-refractivity contribution in [2.75, 3.05) is 26.8 Å². The fourth-order valence-electron chi connectivity index (χ4n) is 4.69. The van der Waals surface area contributed by atoms with Crippen LogP contribution < -0.4 is 10.5 Å². The summed E-state index contributed by atoms with van der Waals surface area (Å²) in [4.78, 5) is 17.8. The van der Waals surface area contributed by atoms with Gasteiger partial charge in [0, 0.05) is 7.11 Å². The van der Waals surface area contributed by atoms with Gasteiger partial charge in [0.05, 0.1) is 37.3 Å². The molecule has 3 heterocycles. The zero-order chi connectivity index (χ0) is 21.1. The van der Waals surface area contributed by atoms with E-state index in [4.69, 9.17) is 4.74 Å². The molecule has 160 valence electrons. The van der Waals surface area contributed by atoms with Gasteiger partial charge in [0.2, 0.25) is 5.82 Å². The Bertz CT molecular complexity index is 1070. The molecule has 30 heavy (non-hydrogen) atoms. The van der Waals surface area contributed by atoms with Gasteiger partial charge in [-0.15, -0.1) is 5.10 Å². The molecule has 1 aromatic carbocycles. The molecule has 0 aliphatic carbocycles. The van der Waals surface area contributed by atoms with E-state index in [1.165, 1.54) is 23.3 Å². The van der Waals surface area contributed by atoms with Crippen molar-refractivity contribution < 1.29 is 9.64 Å². The molecule has 0 bridgehead atoms.